The summed E-state index contributed by atoms with van der Waals surface area (Å²) in [5.74, 6) is 1.29. The summed E-state index contributed by atoms with van der Waals surface area (Å²) in [4.78, 5) is 0. The van der Waals surface area contributed by atoms with Gasteiger partial charge in [-0.2, -0.15) is 0 Å². The number of hydrogen-bond acceptors (Lipinski definition) is 4. The van der Waals surface area contributed by atoms with Crippen molar-refractivity contribution in [2.75, 3.05) is 0 Å². The molecule has 0 saturated heterocycles. The van der Waals surface area contributed by atoms with Gasteiger partial charge in [0.25, 0.3) is 0 Å². The van der Waals surface area contributed by atoms with Crippen LogP contribution in [0.1, 0.15) is 5.56 Å². The zero-order valence-electron chi connectivity index (χ0n) is 14.4. The summed E-state index contributed by atoms with van der Waals surface area (Å²) in [6.07, 6.45) is 0. The molecule has 7 heteroatoms. The van der Waals surface area contributed by atoms with Crippen molar-refractivity contribution in [2.24, 2.45) is 0 Å². The smallest absolute Gasteiger partial charge is 0.248 e. The van der Waals surface area contributed by atoms with E-state index >= 15 is 0 Å². The van der Waals surface area contributed by atoms with Crippen LogP contribution in [0.4, 0.5) is 0 Å². The van der Waals surface area contributed by atoms with E-state index in [-0.39, 0.29) is 6.61 Å². The molecule has 3 aromatic carbocycles. The third-order valence-corrected chi connectivity index (χ3v) is 4.75. The van der Waals surface area contributed by atoms with E-state index < -0.39 is 0 Å². The van der Waals surface area contributed by atoms with Gasteiger partial charge in [0, 0.05) is 16.1 Å². The largest absolute Gasteiger partial charge is 0.486 e. The molecule has 4 nitrogen and oxygen atoms in total. The number of benzene rings is 3. The molecular weight excluding hydrogens is 419 g/mol. The second-order valence-electron chi connectivity index (χ2n) is 5.97. The van der Waals surface area contributed by atoms with E-state index in [0.29, 0.717) is 32.6 Å². The molecule has 0 aliphatic heterocycles. The van der Waals surface area contributed by atoms with Crippen molar-refractivity contribution < 1.29 is 9.15 Å². The van der Waals surface area contributed by atoms with Gasteiger partial charge in [-0.1, -0.05) is 65.1 Å². The van der Waals surface area contributed by atoms with Gasteiger partial charge in [-0.05, 0) is 42.0 Å². The number of halogens is 3. The Labute approximate surface area is 176 Å². The molecular formula is C21H13Cl3N2O2. The lowest BCUT2D eigenvalue weighted by Crippen LogP contribution is -1.97. The number of nitrogens with zero attached hydrogens (tertiary/aromatic N) is 2. The molecule has 0 fully saturated rings. The second-order valence-corrected chi connectivity index (χ2v) is 7.22. The lowest BCUT2D eigenvalue weighted by Gasteiger charge is -2.10. The predicted octanol–water partition coefficient (Wildman–Crippen LogP) is 6.94. The Morgan fingerprint density at radius 3 is 2.11 bits per heavy atom. The maximum Gasteiger partial charge on any atom is 0.248 e. The van der Waals surface area contributed by atoms with Crippen molar-refractivity contribution >= 4 is 34.8 Å². The van der Waals surface area contributed by atoms with E-state index in [1.54, 1.807) is 12.1 Å². The normalized spacial score (nSPS) is 10.8. The van der Waals surface area contributed by atoms with Crippen LogP contribution in [0.25, 0.3) is 22.9 Å². The lowest BCUT2D eigenvalue weighted by molar-refractivity contribution is 0.306. The average molecular weight is 432 g/mol. The zero-order chi connectivity index (χ0) is 19.5. The van der Waals surface area contributed by atoms with Crippen LogP contribution < -0.4 is 4.74 Å². The van der Waals surface area contributed by atoms with E-state index in [0.717, 1.165) is 16.7 Å². The monoisotopic (exact) mass is 430 g/mol. The van der Waals surface area contributed by atoms with Crippen LogP contribution >= 0.6 is 34.8 Å². The molecule has 0 aliphatic carbocycles. The highest BCUT2D eigenvalue weighted by molar-refractivity contribution is 6.40. The fourth-order valence-electron chi connectivity index (χ4n) is 2.65. The third kappa shape index (κ3) is 4.14. The minimum Gasteiger partial charge on any atom is -0.486 e. The summed E-state index contributed by atoms with van der Waals surface area (Å²) < 4.78 is 11.6. The number of hydrogen-bond donors (Lipinski definition) is 0. The van der Waals surface area contributed by atoms with E-state index in [1.807, 2.05) is 54.6 Å². The maximum absolute atomic E-state index is 6.16. The number of rotatable bonds is 5. The first-order valence-corrected chi connectivity index (χ1v) is 9.49. The van der Waals surface area contributed by atoms with Crippen molar-refractivity contribution in [1.82, 2.24) is 10.2 Å². The molecule has 1 aromatic heterocycles. The number of aromatic nitrogens is 2. The van der Waals surface area contributed by atoms with Crippen LogP contribution in [-0.4, -0.2) is 10.2 Å². The minimum absolute atomic E-state index is 0.272. The minimum atomic E-state index is 0.272. The third-order valence-electron chi connectivity index (χ3n) is 3.97. The van der Waals surface area contributed by atoms with Crippen LogP contribution in [0, 0.1) is 0 Å². The van der Waals surface area contributed by atoms with Crippen LogP contribution in [0.3, 0.4) is 0 Å². The first-order chi connectivity index (χ1) is 13.6. The Morgan fingerprint density at radius 1 is 0.750 bits per heavy atom. The second kappa shape index (κ2) is 8.23. The van der Waals surface area contributed by atoms with Gasteiger partial charge in [0.2, 0.25) is 11.8 Å². The highest BCUT2D eigenvalue weighted by Gasteiger charge is 2.12. The lowest BCUT2D eigenvalue weighted by atomic mass is 10.1. The van der Waals surface area contributed by atoms with E-state index in [1.165, 1.54) is 0 Å². The van der Waals surface area contributed by atoms with Gasteiger partial charge in [0.05, 0.1) is 10.0 Å². The van der Waals surface area contributed by atoms with E-state index in [4.69, 9.17) is 44.0 Å². The Balaban J connectivity index is 1.53. The highest BCUT2D eigenvalue weighted by atomic mass is 35.5. The van der Waals surface area contributed by atoms with Gasteiger partial charge in [-0.15, -0.1) is 10.2 Å². The summed E-state index contributed by atoms with van der Waals surface area (Å²) in [7, 11) is 0. The molecule has 1 heterocycles. The highest BCUT2D eigenvalue weighted by Crippen LogP contribution is 2.36. The van der Waals surface area contributed by atoms with Gasteiger partial charge in [0.1, 0.15) is 6.61 Å². The molecule has 0 unspecified atom stereocenters. The van der Waals surface area contributed by atoms with Gasteiger partial charge in [-0.25, -0.2) is 0 Å². The Hall–Kier alpha value is -2.53. The van der Waals surface area contributed by atoms with Gasteiger partial charge in [0.15, 0.2) is 5.75 Å². The summed E-state index contributed by atoms with van der Waals surface area (Å²) in [6, 6.07) is 20.4. The fraction of sp³-hybridized carbons (Fsp3) is 0.0476. The van der Waals surface area contributed by atoms with Gasteiger partial charge < -0.3 is 9.15 Å². The summed E-state index contributed by atoms with van der Waals surface area (Å²) in [6.45, 7) is 0.272. The zero-order valence-corrected chi connectivity index (χ0v) is 16.7. The maximum atomic E-state index is 6.16. The fourth-order valence-corrected chi connectivity index (χ4v) is 3.58. The Bertz CT molecular complexity index is 1090. The van der Waals surface area contributed by atoms with Crippen LogP contribution in [0.5, 0.6) is 5.75 Å². The summed E-state index contributed by atoms with van der Waals surface area (Å²) >= 11 is 18.3. The Morgan fingerprint density at radius 2 is 1.39 bits per heavy atom. The van der Waals surface area contributed by atoms with Crippen LogP contribution in [0.15, 0.2) is 71.1 Å². The average Bonchev–Trinajstić information content (AvgIpc) is 3.18. The topological polar surface area (TPSA) is 48.2 Å². The first-order valence-electron chi connectivity index (χ1n) is 8.36. The van der Waals surface area contributed by atoms with Crippen LogP contribution in [0.2, 0.25) is 15.1 Å². The molecule has 4 aromatic rings. The van der Waals surface area contributed by atoms with E-state index in [9.17, 15) is 0 Å². The molecule has 28 heavy (non-hydrogen) atoms. The van der Waals surface area contributed by atoms with Crippen molar-refractivity contribution in [3.05, 3.63) is 87.4 Å². The molecule has 140 valence electrons. The molecule has 0 bridgehead atoms. The standard InChI is InChI=1S/C21H13Cl3N2O2/c22-16-10-17(23)19(18(24)11-16)27-12-13-5-4-8-15(9-13)21-26-25-20(28-21)14-6-2-1-3-7-14/h1-11H,12H2. The van der Waals surface area contributed by atoms with Gasteiger partial charge in [-0.3, -0.25) is 0 Å². The molecule has 0 spiro atoms. The van der Waals surface area contributed by atoms with Gasteiger partial charge >= 0.3 is 0 Å². The van der Waals surface area contributed by atoms with Crippen LogP contribution in [-0.2, 0) is 6.61 Å². The Kier molecular flexibility index (Phi) is 5.53. The van der Waals surface area contributed by atoms with Crippen molar-refractivity contribution in [3.8, 4) is 28.7 Å². The van der Waals surface area contributed by atoms with Crippen molar-refractivity contribution in [1.29, 1.82) is 0 Å². The quantitative estimate of drug-likeness (QED) is 0.343. The molecule has 0 atom stereocenters. The molecule has 0 aliphatic rings. The molecule has 4 rings (SSSR count). The predicted molar refractivity (Wildman–Crippen MR) is 111 cm³/mol. The van der Waals surface area contributed by atoms with Crippen molar-refractivity contribution in [3.63, 3.8) is 0 Å². The molecule has 0 saturated carbocycles. The molecule has 0 radical (unpaired) electrons. The van der Waals surface area contributed by atoms with Crippen molar-refractivity contribution in [2.45, 2.75) is 6.61 Å². The summed E-state index contributed by atoms with van der Waals surface area (Å²) in [5, 5.41) is 9.44. The first kappa shape index (κ1) is 18.8. The molecule has 0 amide bonds. The molecule has 0 N–H and O–H groups in total. The summed E-state index contributed by atoms with van der Waals surface area (Å²) in [5.41, 5.74) is 2.57. The number of ether oxygens (including phenoxy) is 1. The SMILES string of the molecule is Clc1cc(Cl)c(OCc2cccc(-c3nnc(-c4ccccc4)o3)c2)c(Cl)c1. The van der Waals surface area contributed by atoms with E-state index in [2.05, 4.69) is 10.2 Å².